The van der Waals surface area contributed by atoms with E-state index < -0.39 is 5.92 Å². The van der Waals surface area contributed by atoms with Crippen LogP contribution < -0.4 is 5.32 Å². The SMILES string of the molecule is CC1NCC(F)(F)CC1CO. The zero-order valence-electron chi connectivity index (χ0n) is 6.48. The van der Waals surface area contributed by atoms with Gasteiger partial charge in [-0.15, -0.1) is 0 Å². The third-order valence-electron chi connectivity index (χ3n) is 2.19. The van der Waals surface area contributed by atoms with Crippen LogP contribution in [0.3, 0.4) is 0 Å². The zero-order chi connectivity index (χ0) is 8.48. The van der Waals surface area contributed by atoms with Gasteiger partial charge in [-0.1, -0.05) is 0 Å². The predicted octanol–water partition coefficient (Wildman–Crippen LogP) is 0.612. The first kappa shape index (κ1) is 8.87. The summed E-state index contributed by atoms with van der Waals surface area (Å²) in [7, 11) is 0. The molecule has 0 aromatic rings. The molecule has 4 heteroatoms. The highest BCUT2D eigenvalue weighted by Crippen LogP contribution is 2.28. The predicted molar refractivity (Wildman–Crippen MR) is 37.6 cm³/mol. The van der Waals surface area contributed by atoms with Gasteiger partial charge in [-0.2, -0.15) is 0 Å². The molecule has 1 saturated heterocycles. The minimum absolute atomic E-state index is 0.000347. The molecule has 0 aromatic heterocycles. The van der Waals surface area contributed by atoms with Gasteiger partial charge < -0.3 is 10.4 Å². The van der Waals surface area contributed by atoms with E-state index in [4.69, 9.17) is 5.11 Å². The van der Waals surface area contributed by atoms with Crippen molar-refractivity contribution in [3.05, 3.63) is 0 Å². The molecule has 1 fully saturated rings. The zero-order valence-corrected chi connectivity index (χ0v) is 6.48. The Kier molecular flexibility index (Phi) is 2.44. The molecule has 1 rings (SSSR count). The average molecular weight is 165 g/mol. The Hall–Kier alpha value is -0.220. The first-order valence-corrected chi connectivity index (χ1v) is 3.77. The third kappa shape index (κ3) is 2.10. The maximum absolute atomic E-state index is 12.6. The van der Waals surface area contributed by atoms with Gasteiger partial charge in [-0.05, 0) is 6.92 Å². The summed E-state index contributed by atoms with van der Waals surface area (Å²) in [5.41, 5.74) is 0. The maximum Gasteiger partial charge on any atom is 0.260 e. The molecule has 0 bridgehead atoms. The van der Waals surface area contributed by atoms with Gasteiger partial charge in [0.15, 0.2) is 0 Å². The summed E-state index contributed by atoms with van der Waals surface area (Å²) in [6.45, 7) is 1.39. The fraction of sp³-hybridized carbons (Fsp3) is 1.00. The molecule has 0 amide bonds. The van der Waals surface area contributed by atoms with E-state index in [1.165, 1.54) is 0 Å². The lowest BCUT2D eigenvalue weighted by Crippen LogP contribution is -2.50. The smallest absolute Gasteiger partial charge is 0.260 e. The van der Waals surface area contributed by atoms with Crippen molar-refractivity contribution in [2.75, 3.05) is 13.2 Å². The highest BCUT2D eigenvalue weighted by Gasteiger charge is 2.39. The van der Waals surface area contributed by atoms with Gasteiger partial charge in [-0.3, -0.25) is 0 Å². The van der Waals surface area contributed by atoms with E-state index in [1.54, 1.807) is 0 Å². The lowest BCUT2D eigenvalue weighted by Gasteiger charge is -2.33. The summed E-state index contributed by atoms with van der Waals surface area (Å²) in [5, 5.41) is 11.4. The topological polar surface area (TPSA) is 32.3 Å². The Morgan fingerprint density at radius 3 is 2.73 bits per heavy atom. The highest BCUT2D eigenvalue weighted by molar-refractivity contribution is 4.86. The van der Waals surface area contributed by atoms with Crippen molar-refractivity contribution in [1.29, 1.82) is 0 Å². The van der Waals surface area contributed by atoms with Crippen LogP contribution in [0.2, 0.25) is 0 Å². The fourth-order valence-corrected chi connectivity index (χ4v) is 1.33. The van der Waals surface area contributed by atoms with E-state index in [0.717, 1.165) is 0 Å². The number of hydrogen-bond donors (Lipinski definition) is 2. The first-order valence-electron chi connectivity index (χ1n) is 3.77. The Labute approximate surface area is 64.6 Å². The molecule has 2 nitrogen and oxygen atoms in total. The van der Waals surface area contributed by atoms with E-state index in [1.807, 2.05) is 6.92 Å². The second-order valence-corrected chi connectivity index (χ2v) is 3.17. The molecule has 66 valence electrons. The summed E-state index contributed by atoms with van der Waals surface area (Å²) in [5.74, 6) is -2.95. The largest absolute Gasteiger partial charge is 0.396 e. The van der Waals surface area contributed by atoms with Gasteiger partial charge in [0, 0.05) is 25.0 Å². The van der Waals surface area contributed by atoms with Crippen LogP contribution in [-0.2, 0) is 0 Å². The van der Waals surface area contributed by atoms with Gasteiger partial charge in [0.05, 0.1) is 6.54 Å². The van der Waals surface area contributed by atoms with Crippen molar-refractivity contribution in [2.24, 2.45) is 5.92 Å². The number of rotatable bonds is 1. The van der Waals surface area contributed by atoms with Crippen LogP contribution in [0, 0.1) is 5.92 Å². The van der Waals surface area contributed by atoms with Crippen LogP contribution in [0.1, 0.15) is 13.3 Å². The monoisotopic (exact) mass is 165 g/mol. The van der Waals surface area contributed by atoms with Gasteiger partial charge in [-0.25, -0.2) is 8.78 Å². The summed E-state index contributed by atoms with van der Waals surface area (Å²) in [6, 6.07) is -0.000347. The minimum Gasteiger partial charge on any atom is -0.396 e. The van der Waals surface area contributed by atoms with E-state index >= 15 is 0 Å². The Morgan fingerprint density at radius 2 is 2.27 bits per heavy atom. The van der Waals surface area contributed by atoms with Crippen molar-refractivity contribution >= 4 is 0 Å². The second-order valence-electron chi connectivity index (χ2n) is 3.17. The summed E-state index contributed by atoms with van der Waals surface area (Å²) >= 11 is 0. The Balaban J connectivity index is 2.51. The number of halogens is 2. The maximum atomic E-state index is 12.6. The summed E-state index contributed by atoms with van der Waals surface area (Å²) in [4.78, 5) is 0. The van der Waals surface area contributed by atoms with Gasteiger partial charge >= 0.3 is 0 Å². The molecule has 0 radical (unpaired) electrons. The second kappa shape index (κ2) is 3.03. The molecular formula is C7H13F2NO. The Bertz CT molecular complexity index is 140. The van der Waals surface area contributed by atoms with Crippen molar-refractivity contribution in [2.45, 2.75) is 25.3 Å². The van der Waals surface area contributed by atoms with Crippen LogP contribution in [-0.4, -0.2) is 30.2 Å². The molecule has 11 heavy (non-hydrogen) atoms. The van der Waals surface area contributed by atoms with Crippen molar-refractivity contribution in [3.8, 4) is 0 Å². The number of piperidine rings is 1. The van der Waals surface area contributed by atoms with Crippen LogP contribution in [0.15, 0.2) is 0 Å². The molecule has 2 N–H and O–H groups in total. The third-order valence-corrected chi connectivity index (χ3v) is 2.19. The van der Waals surface area contributed by atoms with Crippen LogP contribution in [0.25, 0.3) is 0 Å². The molecule has 0 saturated carbocycles. The lowest BCUT2D eigenvalue weighted by molar-refractivity contribution is -0.0591. The van der Waals surface area contributed by atoms with E-state index in [-0.39, 0.29) is 31.5 Å². The van der Waals surface area contributed by atoms with Crippen LogP contribution >= 0.6 is 0 Å². The first-order chi connectivity index (χ1) is 5.05. The molecule has 1 heterocycles. The molecule has 1 aliphatic rings. The summed E-state index contributed by atoms with van der Waals surface area (Å²) in [6.07, 6.45) is -0.197. The lowest BCUT2D eigenvalue weighted by atomic mass is 9.91. The fourth-order valence-electron chi connectivity index (χ4n) is 1.33. The van der Waals surface area contributed by atoms with Crippen molar-refractivity contribution < 1.29 is 13.9 Å². The van der Waals surface area contributed by atoms with Crippen molar-refractivity contribution in [3.63, 3.8) is 0 Å². The molecular weight excluding hydrogens is 152 g/mol. The van der Waals surface area contributed by atoms with E-state index in [2.05, 4.69) is 5.32 Å². The van der Waals surface area contributed by atoms with Crippen LogP contribution in [0.4, 0.5) is 8.78 Å². The molecule has 1 aliphatic heterocycles. The minimum atomic E-state index is -2.64. The van der Waals surface area contributed by atoms with Gasteiger partial charge in [0.1, 0.15) is 0 Å². The normalized spacial score (nSPS) is 37.1. The number of hydrogen-bond acceptors (Lipinski definition) is 2. The average Bonchev–Trinajstić information content (AvgIpc) is 1.94. The molecule has 2 atom stereocenters. The van der Waals surface area contributed by atoms with Gasteiger partial charge in [0.25, 0.3) is 5.92 Å². The summed E-state index contributed by atoms with van der Waals surface area (Å²) < 4.78 is 25.3. The van der Waals surface area contributed by atoms with Crippen molar-refractivity contribution in [1.82, 2.24) is 5.32 Å². The molecule has 0 aromatic carbocycles. The van der Waals surface area contributed by atoms with Crippen LogP contribution in [0.5, 0.6) is 0 Å². The van der Waals surface area contributed by atoms with Gasteiger partial charge in [0.2, 0.25) is 0 Å². The quantitative estimate of drug-likeness (QED) is 0.596. The van der Waals surface area contributed by atoms with E-state index in [0.29, 0.717) is 0 Å². The number of alkyl halides is 2. The molecule has 0 spiro atoms. The van der Waals surface area contributed by atoms with E-state index in [9.17, 15) is 8.78 Å². The molecule has 0 aliphatic carbocycles. The highest BCUT2D eigenvalue weighted by atomic mass is 19.3. The number of nitrogens with one attached hydrogen (secondary N) is 1. The number of aliphatic hydroxyl groups excluding tert-OH is 1. The Morgan fingerprint density at radius 1 is 1.64 bits per heavy atom. The number of aliphatic hydroxyl groups is 1. The standard InChI is InChI=1S/C7H13F2NO/c1-5-6(3-11)2-7(8,9)4-10-5/h5-6,10-11H,2-4H2,1H3. The molecule has 2 unspecified atom stereocenters.